The highest BCUT2D eigenvalue weighted by Gasteiger charge is 2.44. The summed E-state index contributed by atoms with van der Waals surface area (Å²) in [5.74, 6) is -0.0122. The first-order valence-electron chi connectivity index (χ1n) is 9.23. The summed E-state index contributed by atoms with van der Waals surface area (Å²) in [4.78, 5) is 11.9. The van der Waals surface area contributed by atoms with Gasteiger partial charge in [0.05, 0.1) is 0 Å². The Bertz CT molecular complexity index is 340. The van der Waals surface area contributed by atoms with Gasteiger partial charge in [-0.2, -0.15) is 0 Å². The van der Waals surface area contributed by atoms with Gasteiger partial charge in [-0.05, 0) is 51.0 Å². The Labute approximate surface area is 137 Å². The lowest BCUT2D eigenvalue weighted by molar-refractivity contribution is -0.148. The first-order chi connectivity index (χ1) is 10.7. The summed E-state index contributed by atoms with van der Waals surface area (Å²) in [7, 11) is 0. The summed E-state index contributed by atoms with van der Waals surface area (Å²) < 4.78 is 5.66. The van der Waals surface area contributed by atoms with Gasteiger partial charge in [-0.1, -0.05) is 51.2 Å². The monoisotopic (exact) mass is 306 g/mol. The molecular formula is C20H34O2. The van der Waals surface area contributed by atoms with Gasteiger partial charge in [-0.15, -0.1) is 6.58 Å². The van der Waals surface area contributed by atoms with Crippen LogP contribution in [0.25, 0.3) is 0 Å². The molecule has 126 valence electrons. The molecule has 22 heavy (non-hydrogen) atoms. The fraction of sp³-hybridized carbons (Fsp3) is 0.750. The van der Waals surface area contributed by atoms with Gasteiger partial charge < -0.3 is 4.74 Å². The number of unbranched alkanes of at least 4 members (excludes halogenated alkanes) is 8. The third kappa shape index (κ3) is 9.07. The Hall–Kier alpha value is -1.05. The largest absolute Gasteiger partial charge is 0.455 e. The molecular weight excluding hydrogens is 272 g/mol. The van der Waals surface area contributed by atoms with E-state index in [9.17, 15) is 4.79 Å². The van der Waals surface area contributed by atoms with E-state index >= 15 is 0 Å². The Balaban J connectivity index is 2.05. The van der Waals surface area contributed by atoms with Crippen LogP contribution in [0.5, 0.6) is 0 Å². The molecule has 0 aromatic rings. The maximum Gasteiger partial charge on any atom is 0.306 e. The van der Waals surface area contributed by atoms with E-state index in [0.717, 1.165) is 38.5 Å². The molecule has 0 aromatic carbocycles. The first kappa shape index (κ1) is 19.0. The number of rotatable bonds is 14. The third-order valence-corrected chi connectivity index (χ3v) is 4.24. The van der Waals surface area contributed by atoms with Gasteiger partial charge in [-0.25, -0.2) is 0 Å². The van der Waals surface area contributed by atoms with Gasteiger partial charge in [0, 0.05) is 6.42 Å². The zero-order valence-corrected chi connectivity index (χ0v) is 14.4. The molecule has 0 N–H and O–H groups in total. The molecule has 1 saturated carbocycles. The predicted octanol–water partition coefficient (Wildman–Crippen LogP) is 6.12. The van der Waals surface area contributed by atoms with Crippen LogP contribution in [0.1, 0.15) is 90.4 Å². The number of hydrogen-bond donors (Lipinski definition) is 0. The van der Waals surface area contributed by atoms with Gasteiger partial charge in [0.1, 0.15) is 5.60 Å². The molecule has 2 heteroatoms. The molecule has 1 rings (SSSR count). The Morgan fingerprint density at radius 3 is 2.41 bits per heavy atom. The standard InChI is InChI=1S/C20H34O2/c1-3-5-7-9-10-11-13-15-19(21)22-20(17-18-20)16-14-12-8-6-4-2/h3,14,16H,1,4-13,15,17-18H2,2H3. The SMILES string of the molecule is C=CCCCCCCCC(=O)OC1(C=CCCCCC)CC1. The van der Waals surface area contributed by atoms with Gasteiger partial charge in [-0.3, -0.25) is 4.79 Å². The summed E-state index contributed by atoms with van der Waals surface area (Å²) in [6.45, 7) is 5.94. The van der Waals surface area contributed by atoms with Crippen molar-refractivity contribution in [2.24, 2.45) is 0 Å². The van der Waals surface area contributed by atoms with E-state index in [1.807, 2.05) is 6.08 Å². The lowest BCUT2D eigenvalue weighted by Gasteiger charge is -2.12. The third-order valence-electron chi connectivity index (χ3n) is 4.24. The molecule has 0 atom stereocenters. The minimum Gasteiger partial charge on any atom is -0.455 e. The topological polar surface area (TPSA) is 26.3 Å². The van der Waals surface area contributed by atoms with Gasteiger partial charge >= 0.3 is 5.97 Å². The number of allylic oxidation sites excluding steroid dienone is 2. The minimum absolute atomic E-state index is 0.0122. The van der Waals surface area contributed by atoms with Crippen LogP contribution in [-0.4, -0.2) is 11.6 Å². The summed E-state index contributed by atoms with van der Waals surface area (Å²) in [5, 5.41) is 0. The Kier molecular flexibility index (Phi) is 9.94. The molecule has 0 saturated heterocycles. The van der Waals surface area contributed by atoms with E-state index in [2.05, 4.69) is 25.7 Å². The maximum absolute atomic E-state index is 11.9. The molecule has 2 nitrogen and oxygen atoms in total. The molecule has 0 radical (unpaired) electrons. The van der Waals surface area contributed by atoms with Crippen LogP contribution in [0.15, 0.2) is 24.8 Å². The molecule has 0 aliphatic heterocycles. The second kappa shape index (κ2) is 11.5. The highest BCUT2D eigenvalue weighted by molar-refractivity contribution is 5.70. The second-order valence-electron chi connectivity index (χ2n) is 6.53. The van der Waals surface area contributed by atoms with Crippen molar-refractivity contribution in [1.29, 1.82) is 0 Å². The van der Waals surface area contributed by atoms with Crippen LogP contribution >= 0.6 is 0 Å². The summed E-state index contributed by atoms with van der Waals surface area (Å²) in [6, 6.07) is 0. The predicted molar refractivity (Wildman–Crippen MR) is 93.9 cm³/mol. The molecule has 0 aromatic heterocycles. The summed E-state index contributed by atoms with van der Waals surface area (Å²) >= 11 is 0. The van der Waals surface area contributed by atoms with Gasteiger partial charge in [0.25, 0.3) is 0 Å². The molecule has 1 aliphatic carbocycles. The lowest BCUT2D eigenvalue weighted by atomic mass is 10.1. The fourth-order valence-electron chi connectivity index (χ4n) is 2.60. The number of carbonyl (C=O) groups excluding carboxylic acids is 1. The Morgan fingerprint density at radius 2 is 1.73 bits per heavy atom. The molecule has 0 heterocycles. The van der Waals surface area contributed by atoms with Gasteiger partial charge in [0.15, 0.2) is 0 Å². The highest BCUT2D eigenvalue weighted by Crippen LogP contribution is 2.41. The summed E-state index contributed by atoms with van der Waals surface area (Å²) in [5.41, 5.74) is -0.229. The van der Waals surface area contributed by atoms with Crippen LogP contribution in [0.3, 0.4) is 0 Å². The van der Waals surface area contributed by atoms with E-state index < -0.39 is 0 Å². The first-order valence-corrected chi connectivity index (χ1v) is 9.23. The van der Waals surface area contributed by atoms with Gasteiger partial charge in [0.2, 0.25) is 0 Å². The summed E-state index contributed by atoms with van der Waals surface area (Å²) in [6.07, 6.45) is 20.7. The van der Waals surface area contributed by atoms with Crippen molar-refractivity contribution in [2.45, 2.75) is 96.0 Å². The number of hydrogen-bond acceptors (Lipinski definition) is 2. The highest BCUT2D eigenvalue weighted by atomic mass is 16.6. The van der Waals surface area contributed by atoms with E-state index in [1.54, 1.807) is 0 Å². The van der Waals surface area contributed by atoms with Crippen molar-refractivity contribution >= 4 is 5.97 Å². The van der Waals surface area contributed by atoms with Crippen molar-refractivity contribution in [2.75, 3.05) is 0 Å². The van der Waals surface area contributed by atoms with Crippen LogP contribution in [0, 0.1) is 0 Å². The van der Waals surface area contributed by atoms with Crippen molar-refractivity contribution in [3.63, 3.8) is 0 Å². The zero-order valence-electron chi connectivity index (χ0n) is 14.4. The van der Waals surface area contributed by atoms with Crippen molar-refractivity contribution in [3.05, 3.63) is 24.8 Å². The molecule has 1 aliphatic rings. The molecule has 0 amide bonds. The van der Waals surface area contributed by atoms with Crippen LogP contribution in [-0.2, 0) is 9.53 Å². The second-order valence-corrected chi connectivity index (χ2v) is 6.53. The number of carbonyl (C=O) groups is 1. The average molecular weight is 306 g/mol. The zero-order chi connectivity index (χ0) is 16.1. The van der Waals surface area contributed by atoms with Crippen LogP contribution in [0.2, 0.25) is 0 Å². The number of ether oxygens (including phenoxy) is 1. The quantitative estimate of drug-likeness (QED) is 0.220. The Morgan fingerprint density at radius 1 is 1.05 bits per heavy atom. The maximum atomic E-state index is 11.9. The molecule has 0 bridgehead atoms. The lowest BCUT2D eigenvalue weighted by Crippen LogP contribution is -2.16. The van der Waals surface area contributed by atoms with Crippen molar-refractivity contribution in [1.82, 2.24) is 0 Å². The normalized spacial score (nSPS) is 15.9. The van der Waals surface area contributed by atoms with Crippen molar-refractivity contribution < 1.29 is 9.53 Å². The van der Waals surface area contributed by atoms with Crippen molar-refractivity contribution in [3.8, 4) is 0 Å². The van der Waals surface area contributed by atoms with E-state index in [4.69, 9.17) is 4.74 Å². The number of esters is 1. The minimum atomic E-state index is -0.229. The van der Waals surface area contributed by atoms with E-state index in [1.165, 1.54) is 38.5 Å². The van der Waals surface area contributed by atoms with E-state index in [0.29, 0.717) is 6.42 Å². The fourth-order valence-corrected chi connectivity index (χ4v) is 2.60. The van der Waals surface area contributed by atoms with Crippen LogP contribution < -0.4 is 0 Å². The smallest absolute Gasteiger partial charge is 0.306 e. The average Bonchev–Trinajstić information content (AvgIpc) is 3.26. The molecule has 0 unspecified atom stereocenters. The van der Waals surface area contributed by atoms with Crippen LogP contribution in [0.4, 0.5) is 0 Å². The molecule has 0 spiro atoms. The molecule has 1 fully saturated rings. The van der Waals surface area contributed by atoms with E-state index in [-0.39, 0.29) is 11.6 Å².